The molecule has 2 N–H and O–H groups in total. The highest BCUT2D eigenvalue weighted by Gasteiger charge is 2.11. The number of aliphatic imine (C=N–C) groups is 1. The molecule has 1 aromatic carbocycles. The molecule has 3 rings (SSSR count). The smallest absolute Gasteiger partial charge is 0.154 e. The molecule has 4 heteroatoms. The van der Waals surface area contributed by atoms with Gasteiger partial charge in [-0.25, -0.2) is 9.98 Å². The zero-order valence-corrected chi connectivity index (χ0v) is 13.1. The maximum atomic E-state index is 6.15. The summed E-state index contributed by atoms with van der Waals surface area (Å²) >= 11 is 0. The third-order valence-corrected chi connectivity index (χ3v) is 3.82. The second-order valence-corrected chi connectivity index (χ2v) is 5.77. The fraction of sp³-hybridized carbons (Fsp3) is 0.222. The molecule has 4 nitrogen and oxygen atoms in total. The maximum absolute atomic E-state index is 6.15. The number of hydrogen-bond donors (Lipinski definition) is 1. The second kappa shape index (κ2) is 5.64. The standard InChI is InChI=1S/C18H20N4/c1-12(2)15-11-22(3)16-8-7-13(10-14(15)16)18(19)21-17-6-4-5-9-20-17/h4-12H,1-3H3,(H2,19,20,21). The Hall–Kier alpha value is -2.62. The highest BCUT2D eigenvalue weighted by molar-refractivity contribution is 6.02. The van der Waals surface area contributed by atoms with Crippen LogP contribution >= 0.6 is 0 Å². The van der Waals surface area contributed by atoms with E-state index >= 15 is 0 Å². The molecule has 0 bridgehead atoms. The van der Waals surface area contributed by atoms with Crippen LogP contribution in [0.5, 0.6) is 0 Å². The van der Waals surface area contributed by atoms with Crippen molar-refractivity contribution in [3.63, 3.8) is 0 Å². The first kappa shape index (κ1) is 14.3. The molecular formula is C18H20N4. The lowest BCUT2D eigenvalue weighted by Crippen LogP contribution is -2.12. The van der Waals surface area contributed by atoms with Gasteiger partial charge in [-0.2, -0.15) is 0 Å². The van der Waals surface area contributed by atoms with Crippen molar-refractivity contribution in [2.45, 2.75) is 19.8 Å². The van der Waals surface area contributed by atoms with Crippen LogP contribution in [-0.4, -0.2) is 15.4 Å². The fourth-order valence-electron chi connectivity index (χ4n) is 2.65. The molecule has 0 aliphatic carbocycles. The molecule has 0 spiro atoms. The van der Waals surface area contributed by atoms with Gasteiger partial charge in [0.1, 0.15) is 5.84 Å². The molecule has 0 unspecified atom stereocenters. The van der Waals surface area contributed by atoms with E-state index < -0.39 is 0 Å². The summed E-state index contributed by atoms with van der Waals surface area (Å²) in [5.74, 6) is 1.57. The zero-order valence-electron chi connectivity index (χ0n) is 13.1. The molecule has 2 aromatic heterocycles. The van der Waals surface area contributed by atoms with E-state index in [-0.39, 0.29) is 0 Å². The lowest BCUT2D eigenvalue weighted by Gasteiger charge is -2.05. The molecule has 2 heterocycles. The van der Waals surface area contributed by atoms with Gasteiger partial charge in [0.25, 0.3) is 0 Å². The van der Waals surface area contributed by atoms with Crippen molar-refractivity contribution in [3.05, 3.63) is 59.9 Å². The molecule has 0 saturated carbocycles. The summed E-state index contributed by atoms with van der Waals surface area (Å²) in [5.41, 5.74) is 9.61. The van der Waals surface area contributed by atoms with Crippen molar-refractivity contribution in [3.8, 4) is 0 Å². The average molecular weight is 292 g/mol. The molecule has 0 amide bonds. The van der Waals surface area contributed by atoms with E-state index in [0.717, 1.165) is 5.56 Å². The van der Waals surface area contributed by atoms with Gasteiger partial charge in [-0.3, -0.25) is 0 Å². The fourth-order valence-corrected chi connectivity index (χ4v) is 2.65. The van der Waals surface area contributed by atoms with Gasteiger partial charge in [0.15, 0.2) is 5.82 Å². The van der Waals surface area contributed by atoms with E-state index in [1.807, 2.05) is 24.3 Å². The molecule has 112 valence electrons. The number of pyridine rings is 1. The van der Waals surface area contributed by atoms with Crippen molar-refractivity contribution in [2.75, 3.05) is 0 Å². The van der Waals surface area contributed by atoms with Gasteiger partial charge in [0.2, 0.25) is 0 Å². The van der Waals surface area contributed by atoms with Gasteiger partial charge < -0.3 is 10.3 Å². The molecular weight excluding hydrogens is 272 g/mol. The van der Waals surface area contributed by atoms with E-state index in [9.17, 15) is 0 Å². The topological polar surface area (TPSA) is 56.2 Å². The van der Waals surface area contributed by atoms with Gasteiger partial charge in [0.05, 0.1) is 0 Å². The summed E-state index contributed by atoms with van der Waals surface area (Å²) in [5, 5.41) is 1.23. The van der Waals surface area contributed by atoms with Crippen molar-refractivity contribution in [2.24, 2.45) is 17.8 Å². The predicted molar refractivity (Wildman–Crippen MR) is 91.6 cm³/mol. The summed E-state index contributed by atoms with van der Waals surface area (Å²) in [6, 6.07) is 11.8. The number of fused-ring (bicyclic) bond motifs is 1. The number of nitrogens with zero attached hydrogens (tertiary/aromatic N) is 3. The van der Waals surface area contributed by atoms with Crippen molar-refractivity contribution in [1.82, 2.24) is 9.55 Å². The lowest BCUT2D eigenvalue weighted by atomic mass is 10.0. The number of aromatic nitrogens is 2. The van der Waals surface area contributed by atoms with Crippen LogP contribution in [0.15, 0.2) is 53.8 Å². The van der Waals surface area contributed by atoms with Gasteiger partial charge >= 0.3 is 0 Å². The van der Waals surface area contributed by atoms with Crippen LogP contribution in [0.1, 0.15) is 30.9 Å². The first-order valence-corrected chi connectivity index (χ1v) is 7.41. The van der Waals surface area contributed by atoms with Crippen molar-refractivity contribution in [1.29, 1.82) is 0 Å². The number of benzene rings is 1. The van der Waals surface area contributed by atoms with Crippen molar-refractivity contribution >= 4 is 22.6 Å². The molecule has 0 saturated heterocycles. The van der Waals surface area contributed by atoms with Gasteiger partial charge in [-0.05, 0) is 41.8 Å². The largest absolute Gasteiger partial charge is 0.383 e. The maximum Gasteiger partial charge on any atom is 0.154 e. The number of rotatable bonds is 3. The Morgan fingerprint density at radius 1 is 1.23 bits per heavy atom. The van der Waals surface area contributed by atoms with E-state index in [2.05, 4.69) is 53.8 Å². The van der Waals surface area contributed by atoms with Crippen LogP contribution in [0.4, 0.5) is 5.82 Å². The Balaban J connectivity index is 2.08. The van der Waals surface area contributed by atoms with Crippen LogP contribution in [-0.2, 0) is 7.05 Å². The minimum Gasteiger partial charge on any atom is -0.383 e. The van der Waals surface area contributed by atoms with Crippen LogP contribution in [0, 0.1) is 0 Å². The highest BCUT2D eigenvalue weighted by atomic mass is 15.0. The monoisotopic (exact) mass is 292 g/mol. The Labute approximate surface area is 130 Å². The van der Waals surface area contributed by atoms with Crippen LogP contribution in [0.2, 0.25) is 0 Å². The normalized spacial score (nSPS) is 12.3. The average Bonchev–Trinajstić information content (AvgIpc) is 2.85. The minimum atomic E-state index is 0.466. The van der Waals surface area contributed by atoms with Crippen LogP contribution < -0.4 is 5.73 Å². The van der Waals surface area contributed by atoms with E-state index in [0.29, 0.717) is 17.6 Å². The zero-order chi connectivity index (χ0) is 15.7. The Bertz CT molecular complexity index is 829. The third kappa shape index (κ3) is 2.60. The number of amidine groups is 1. The second-order valence-electron chi connectivity index (χ2n) is 5.77. The van der Waals surface area contributed by atoms with Gasteiger partial charge in [0, 0.05) is 35.9 Å². The number of aryl methyl sites for hydroxylation is 1. The quantitative estimate of drug-likeness (QED) is 0.590. The first-order valence-electron chi connectivity index (χ1n) is 7.41. The van der Waals surface area contributed by atoms with E-state index in [4.69, 9.17) is 5.73 Å². The van der Waals surface area contributed by atoms with Gasteiger partial charge in [-0.1, -0.05) is 19.9 Å². The molecule has 0 radical (unpaired) electrons. The molecule has 3 aromatic rings. The summed E-state index contributed by atoms with van der Waals surface area (Å²) in [7, 11) is 2.07. The molecule has 0 aliphatic rings. The summed E-state index contributed by atoms with van der Waals surface area (Å²) in [6.07, 6.45) is 3.90. The van der Waals surface area contributed by atoms with Crippen LogP contribution in [0.3, 0.4) is 0 Å². The Morgan fingerprint density at radius 3 is 2.73 bits per heavy atom. The number of hydrogen-bond acceptors (Lipinski definition) is 2. The Kier molecular flexibility index (Phi) is 3.67. The molecule has 0 atom stereocenters. The number of nitrogens with two attached hydrogens (primary N) is 1. The van der Waals surface area contributed by atoms with Crippen LogP contribution in [0.25, 0.3) is 10.9 Å². The highest BCUT2D eigenvalue weighted by Crippen LogP contribution is 2.28. The summed E-state index contributed by atoms with van der Waals surface area (Å²) in [6.45, 7) is 4.40. The van der Waals surface area contributed by atoms with Crippen molar-refractivity contribution < 1.29 is 0 Å². The third-order valence-electron chi connectivity index (χ3n) is 3.82. The summed E-state index contributed by atoms with van der Waals surface area (Å²) < 4.78 is 2.15. The van der Waals surface area contributed by atoms with E-state index in [1.54, 1.807) is 6.20 Å². The predicted octanol–water partition coefficient (Wildman–Crippen LogP) is 3.73. The SMILES string of the molecule is CC(C)c1cn(C)c2ccc(/C(N)=N/c3ccccn3)cc12. The summed E-state index contributed by atoms with van der Waals surface area (Å²) in [4.78, 5) is 8.58. The van der Waals surface area contributed by atoms with E-state index in [1.165, 1.54) is 16.5 Å². The first-order chi connectivity index (χ1) is 10.6. The van der Waals surface area contributed by atoms with Gasteiger partial charge in [-0.15, -0.1) is 0 Å². The Morgan fingerprint density at radius 2 is 2.05 bits per heavy atom. The molecule has 0 aliphatic heterocycles. The lowest BCUT2D eigenvalue weighted by molar-refractivity contribution is 0.857. The minimum absolute atomic E-state index is 0.466. The molecule has 22 heavy (non-hydrogen) atoms. The molecule has 0 fully saturated rings.